The van der Waals surface area contributed by atoms with E-state index >= 15 is 0 Å². The summed E-state index contributed by atoms with van der Waals surface area (Å²) in [5, 5.41) is 2.72. The molecule has 3 aromatic rings. The number of nitrogens with one attached hydrogen (secondary N) is 1. The lowest BCUT2D eigenvalue weighted by molar-refractivity contribution is -0.168. The number of carbonyl (C=O) groups excluding carboxylic acids is 1. The lowest BCUT2D eigenvalue weighted by Crippen LogP contribution is -2.48. The van der Waals surface area contributed by atoms with Gasteiger partial charge in [-0.15, -0.1) is 0 Å². The van der Waals surface area contributed by atoms with Crippen molar-refractivity contribution in [2.45, 2.75) is 25.1 Å². The molecule has 0 spiro atoms. The van der Waals surface area contributed by atoms with Crippen molar-refractivity contribution in [3.8, 4) is 11.3 Å². The molecule has 2 fully saturated rings. The fourth-order valence-electron chi connectivity index (χ4n) is 5.28. The number of carbonyl (C=O) groups is 1. The highest BCUT2D eigenvalue weighted by molar-refractivity contribution is 6.04. The summed E-state index contributed by atoms with van der Waals surface area (Å²) in [5.41, 5.74) is 2.31. The summed E-state index contributed by atoms with van der Waals surface area (Å²) in [5.74, 6) is -0.993. The number of alkyl halides is 3. The number of anilines is 4. The van der Waals surface area contributed by atoms with Crippen LogP contribution in [-0.4, -0.2) is 59.4 Å². The molecule has 6 rings (SSSR count). The second-order valence-electron chi connectivity index (χ2n) is 9.50. The molecule has 2 atom stereocenters. The van der Waals surface area contributed by atoms with Gasteiger partial charge in [0.15, 0.2) is 5.82 Å². The summed E-state index contributed by atoms with van der Waals surface area (Å²) in [4.78, 5) is 31.6. The first-order valence-corrected chi connectivity index (χ1v) is 12.0. The SMILES string of the molecule is O=C(Nc1cncc(F)c1)N1c2nc(-c3ccnc(N4CCC(C(F)(F)F)C4)c3)ccc2N2CC[C@H]1C2. The van der Waals surface area contributed by atoms with Gasteiger partial charge in [-0.05, 0) is 37.1 Å². The van der Waals surface area contributed by atoms with Gasteiger partial charge in [0.2, 0.25) is 0 Å². The lowest BCUT2D eigenvalue weighted by atomic mass is 10.1. The Hall–Kier alpha value is -3.96. The first-order valence-electron chi connectivity index (χ1n) is 12.0. The highest BCUT2D eigenvalue weighted by atomic mass is 19.4. The molecule has 3 aromatic heterocycles. The van der Waals surface area contributed by atoms with Crippen LogP contribution in [0.1, 0.15) is 12.8 Å². The van der Waals surface area contributed by atoms with Crippen LogP contribution in [0.5, 0.6) is 0 Å². The summed E-state index contributed by atoms with van der Waals surface area (Å²) in [6.45, 7) is 1.59. The Morgan fingerprint density at radius 3 is 2.65 bits per heavy atom. The topological polar surface area (TPSA) is 77.5 Å². The monoisotopic (exact) mass is 513 g/mol. The van der Waals surface area contributed by atoms with Crippen molar-refractivity contribution in [3.63, 3.8) is 0 Å². The average Bonchev–Trinajstić information content (AvgIpc) is 3.53. The van der Waals surface area contributed by atoms with E-state index in [9.17, 15) is 22.4 Å². The number of halogens is 4. The van der Waals surface area contributed by atoms with Crippen molar-refractivity contribution in [2.75, 3.05) is 46.2 Å². The molecule has 3 aliphatic rings. The second-order valence-corrected chi connectivity index (χ2v) is 9.50. The number of nitrogens with zero attached hydrogens (tertiary/aromatic N) is 6. The zero-order chi connectivity index (χ0) is 25.7. The quantitative estimate of drug-likeness (QED) is 0.512. The van der Waals surface area contributed by atoms with E-state index in [1.807, 2.05) is 12.1 Å². The standard InChI is InChI=1S/C25H23F4N7O/c26-17-10-18(12-30-11-17)32-24(37)36-19-5-8-34(14-19)21-2-1-20(33-23(21)36)15-3-6-31-22(9-15)35-7-4-16(13-35)25(27,28)29/h1-3,6,9-12,16,19H,4-5,7-8,13-14H2,(H,32,37)/t16?,19-/m0/s1. The Labute approximate surface area is 209 Å². The molecule has 0 radical (unpaired) electrons. The molecule has 8 nitrogen and oxygen atoms in total. The molecule has 0 saturated carbocycles. The molecule has 0 aromatic carbocycles. The van der Waals surface area contributed by atoms with Crippen molar-refractivity contribution in [1.82, 2.24) is 15.0 Å². The van der Waals surface area contributed by atoms with Crippen molar-refractivity contribution >= 4 is 29.0 Å². The van der Waals surface area contributed by atoms with Gasteiger partial charge in [0, 0.05) is 44.0 Å². The van der Waals surface area contributed by atoms with Crippen molar-refractivity contribution in [3.05, 3.63) is 54.7 Å². The fourth-order valence-corrected chi connectivity index (χ4v) is 5.28. The van der Waals surface area contributed by atoms with Crippen LogP contribution in [-0.2, 0) is 0 Å². The van der Waals surface area contributed by atoms with Crippen molar-refractivity contribution in [2.24, 2.45) is 5.92 Å². The lowest BCUT2D eigenvalue weighted by Gasteiger charge is -2.36. The smallest absolute Gasteiger partial charge is 0.366 e. The number of urea groups is 1. The average molecular weight is 513 g/mol. The van der Waals surface area contributed by atoms with Gasteiger partial charge in [-0.2, -0.15) is 13.2 Å². The van der Waals surface area contributed by atoms with Crippen molar-refractivity contribution in [1.29, 1.82) is 0 Å². The van der Waals surface area contributed by atoms with Crippen LogP contribution in [0.25, 0.3) is 11.3 Å². The van der Waals surface area contributed by atoms with E-state index in [-0.39, 0.29) is 31.2 Å². The fraction of sp³-hybridized carbons (Fsp3) is 0.360. The van der Waals surface area contributed by atoms with E-state index < -0.39 is 23.9 Å². The normalized spacial score (nSPS) is 20.8. The Bertz CT molecular complexity index is 1350. The van der Waals surface area contributed by atoms with Gasteiger partial charge in [-0.3, -0.25) is 9.88 Å². The number of pyridine rings is 3. The molecule has 2 bridgehead atoms. The maximum Gasteiger partial charge on any atom is 0.393 e. The second kappa shape index (κ2) is 8.86. The minimum atomic E-state index is -4.23. The molecule has 6 heterocycles. The van der Waals surface area contributed by atoms with Crippen LogP contribution in [0.15, 0.2) is 48.9 Å². The summed E-state index contributed by atoms with van der Waals surface area (Å²) in [7, 11) is 0. The third-order valence-electron chi connectivity index (χ3n) is 7.14. The predicted octanol–water partition coefficient (Wildman–Crippen LogP) is 4.70. The molecule has 0 aliphatic carbocycles. The molecular formula is C25H23F4N7O. The first-order chi connectivity index (χ1) is 17.8. The first kappa shape index (κ1) is 23.4. The highest BCUT2D eigenvalue weighted by Gasteiger charge is 2.44. The largest absolute Gasteiger partial charge is 0.393 e. The number of hydrogen-bond donors (Lipinski definition) is 1. The van der Waals surface area contributed by atoms with E-state index in [4.69, 9.17) is 4.98 Å². The Balaban J connectivity index is 1.30. The summed E-state index contributed by atoms with van der Waals surface area (Å²) in [6, 6.07) is 7.87. The van der Waals surface area contributed by atoms with Crippen LogP contribution in [0.2, 0.25) is 0 Å². The summed E-state index contributed by atoms with van der Waals surface area (Å²) < 4.78 is 53.1. The molecule has 1 N–H and O–H groups in total. The van der Waals surface area contributed by atoms with Gasteiger partial charge in [0.05, 0.1) is 41.4 Å². The zero-order valence-corrected chi connectivity index (χ0v) is 19.6. The van der Waals surface area contributed by atoms with Gasteiger partial charge in [0.1, 0.15) is 11.6 Å². The maximum atomic E-state index is 13.6. The molecular weight excluding hydrogens is 490 g/mol. The molecule has 192 valence electrons. The van der Waals surface area contributed by atoms with Crippen LogP contribution >= 0.6 is 0 Å². The van der Waals surface area contributed by atoms with Gasteiger partial charge < -0.3 is 15.1 Å². The van der Waals surface area contributed by atoms with E-state index in [2.05, 4.69) is 20.2 Å². The Morgan fingerprint density at radius 1 is 1.03 bits per heavy atom. The minimum Gasteiger partial charge on any atom is -0.366 e. The van der Waals surface area contributed by atoms with Crippen LogP contribution in [0.4, 0.5) is 45.4 Å². The third kappa shape index (κ3) is 4.40. The van der Waals surface area contributed by atoms with E-state index in [1.165, 1.54) is 12.3 Å². The highest BCUT2D eigenvalue weighted by Crippen LogP contribution is 2.41. The van der Waals surface area contributed by atoms with E-state index in [1.54, 1.807) is 28.1 Å². The third-order valence-corrected chi connectivity index (χ3v) is 7.14. The summed E-state index contributed by atoms with van der Waals surface area (Å²) in [6.07, 6.45) is 0.553. The van der Waals surface area contributed by atoms with Gasteiger partial charge >= 0.3 is 12.2 Å². The molecule has 2 saturated heterocycles. The maximum absolute atomic E-state index is 13.6. The van der Waals surface area contributed by atoms with Crippen molar-refractivity contribution < 1.29 is 22.4 Å². The number of aromatic nitrogens is 3. The number of hydrogen-bond acceptors (Lipinski definition) is 6. The molecule has 1 unspecified atom stereocenters. The van der Waals surface area contributed by atoms with Gasteiger partial charge in [-0.1, -0.05) is 0 Å². The number of amides is 2. The minimum absolute atomic E-state index is 0.0363. The molecule has 12 heteroatoms. The van der Waals surface area contributed by atoms with Crippen LogP contribution in [0, 0.1) is 11.7 Å². The van der Waals surface area contributed by atoms with Crippen LogP contribution in [0.3, 0.4) is 0 Å². The Kier molecular flexibility index (Phi) is 5.61. The Morgan fingerprint density at radius 2 is 1.86 bits per heavy atom. The van der Waals surface area contributed by atoms with E-state index in [0.717, 1.165) is 24.8 Å². The van der Waals surface area contributed by atoms with Gasteiger partial charge in [0.25, 0.3) is 0 Å². The molecule has 2 amide bonds. The van der Waals surface area contributed by atoms with Gasteiger partial charge in [-0.25, -0.2) is 19.2 Å². The zero-order valence-electron chi connectivity index (χ0n) is 19.6. The predicted molar refractivity (Wildman–Crippen MR) is 130 cm³/mol. The summed E-state index contributed by atoms with van der Waals surface area (Å²) >= 11 is 0. The molecule has 3 aliphatic heterocycles. The number of rotatable bonds is 3. The van der Waals surface area contributed by atoms with Crippen LogP contribution < -0.4 is 20.0 Å². The molecule has 37 heavy (non-hydrogen) atoms. The van der Waals surface area contributed by atoms with E-state index in [0.29, 0.717) is 29.4 Å². The number of fused-ring (bicyclic) bond motifs is 4.